The molecule has 1 rings (SSSR count). The lowest BCUT2D eigenvalue weighted by atomic mass is 9.79. The predicted molar refractivity (Wildman–Crippen MR) is 75.6 cm³/mol. The molecule has 0 saturated heterocycles. The highest BCUT2D eigenvalue weighted by atomic mass is 32.2. The zero-order valence-corrected chi connectivity index (χ0v) is 12.5. The summed E-state index contributed by atoms with van der Waals surface area (Å²) in [5, 5.41) is 22.6. The molecule has 1 aliphatic carbocycles. The Kier molecular flexibility index (Phi) is 6.42. The summed E-state index contributed by atoms with van der Waals surface area (Å²) in [4.78, 5) is 10.8. The molecule has 6 heteroatoms. The first-order valence-corrected chi connectivity index (χ1v) is 8.44. The summed E-state index contributed by atoms with van der Waals surface area (Å²) in [5.74, 6) is -1.06. The molecular weight excluding hydrogens is 266 g/mol. The van der Waals surface area contributed by atoms with Crippen molar-refractivity contribution in [3.8, 4) is 0 Å². The second-order valence-electron chi connectivity index (χ2n) is 5.61. The van der Waals surface area contributed by atoms with Gasteiger partial charge in [0.2, 0.25) is 0 Å². The monoisotopic (exact) mass is 291 g/mol. The SMILES string of the molecule is CC(CCNCC1(O)CCC(C(=O)O)CC1)S(C)=O. The predicted octanol–water partition coefficient (Wildman–Crippen LogP) is 0.739. The maximum atomic E-state index is 11.2. The van der Waals surface area contributed by atoms with Crippen molar-refractivity contribution in [2.75, 3.05) is 19.3 Å². The number of aliphatic hydroxyl groups is 1. The lowest BCUT2D eigenvalue weighted by Crippen LogP contribution is -2.45. The van der Waals surface area contributed by atoms with Gasteiger partial charge in [0.05, 0.1) is 11.5 Å². The molecule has 0 amide bonds. The zero-order chi connectivity index (χ0) is 14.5. The summed E-state index contributed by atoms with van der Waals surface area (Å²) in [7, 11) is -0.807. The molecule has 1 saturated carbocycles. The van der Waals surface area contributed by atoms with E-state index in [2.05, 4.69) is 5.32 Å². The average Bonchev–Trinajstić information content (AvgIpc) is 2.34. The summed E-state index contributed by atoms with van der Waals surface area (Å²) in [6.07, 6.45) is 4.67. The van der Waals surface area contributed by atoms with Gasteiger partial charge in [-0.25, -0.2) is 0 Å². The minimum Gasteiger partial charge on any atom is -0.481 e. The Hall–Kier alpha value is -0.460. The van der Waals surface area contributed by atoms with Gasteiger partial charge >= 0.3 is 5.97 Å². The third kappa shape index (κ3) is 5.58. The minimum atomic E-state index is -0.807. The van der Waals surface area contributed by atoms with Gasteiger partial charge in [0, 0.05) is 28.9 Å². The molecule has 2 unspecified atom stereocenters. The van der Waals surface area contributed by atoms with Crippen LogP contribution in [-0.2, 0) is 15.6 Å². The summed E-state index contributed by atoms with van der Waals surface area (Å²) < 4.78 is 11.2. The number of nitrogens with one attached hydrogen (secondary N) is 1. The van der Waals surface area contributed by atoms with E-state index in [-0.39, 0.29) is 11.2 Å². The van der Waals surface area contributed by atoms with Crippen LogP contribution in [0.4, 0.5) is 0 Å². The fourth-order valence-corrected chi connectivity index (χ4v) is 2.82. The van der Waals surface area contributed by atoms with Crippen LogP contribution in [0.1, 0.15) is 39.0 Å². The van der Waals surface area contributed by atoms with Crippen molar-refractivity contribution in [1.82, 2.24) is 5.32 Å². The molecule has 0 aromatic rings. The Morgan fingerprint density at radius 2 is 2.05 bits per heavy atom. The molecule has 1 aliphatic rings. The van der Waals surface area contributed by atoms with Crippen LogP contribution in [0.2, 0.25) is 0 Å². The fourth-order valence-electron chi connectivity index (χ4n) is 2.37. The largest absolute Gasteiger partial charge is 0.481 e. The Balaban J connectivity index is 2.22. The topological polar surface area (TPSA) is 86.6 Å². The smallest absolute Gasteiger partial charge is 0.306 e. The second-order valence-corrected chi connectivity index (χ2v) is 7.41. The summed E-state index contributed by atoms with van der Waals surface area (Å²) in [5.41, 5.74) is -0.777. The van der Waals surface area contributed by atoms with Crippen molar-refractivity contribution in [2.24, 2.45) is 5.92 Å². The second kappa shape index (κ2) is 7.36. The molecule has 0 spiro atoms. The van der Waals surface area contributed by atoms with Crippen LogP contribution in [-0.4, -0.2) is 50.6 Å². The van der Waals surface area contributed by atoms with E-state index in [1.807, 2.05) is 6.92 Å². The van der Waals surface area contributed by atoms with Gasteiger partial charge in [-0.2, -0.15) is 0 Å². The third-order valence-corrected chi connectivity index (χ3v) is 5.38. The van der Waals surface area contributed by atoms with Gasteiger partial charge in [-0.1, -0.05) is 6.92 Å². The lowest BCUT2D eigenvalue weighted by Gasteiger charge is -2.34. The number of rotatable bonds is 7. The highest BCUT2D eigenvalue weighted by molar-refractivity contribution is 7.84. The van der Waals surface area contributed by atoms with E-state index in [1.54, 1.807) is 6.26 Å². The van der Waals surface area contributed by atoms with Gasteiger partial charge in [0.1, 0.15) is 0 Å². The van der Waals surface area contributed by atoms with Gasteiger partial charge in [-0.3, -0.25) is 9.00 Å². The fraction of sp³-hybridized carbons (Fsp3) is 0.923. The quantitative estimate of drug-likeness (QED) is 0.602. The lowest BCUT2D eigenvalue weighted by molar-refractivity contribution is -0.144. The Bertz CT molecular complexity index is 327. The highest BCUT2D eigenvalue weighted by Gasteiger charge is 2.35. The zero-order valence-electron chi connectivity index (χ0n) is 11.7. The van der Waals surface area contributed by atoms with Crippen molar-refractivity contribution in [1.29, 1.82) is 0 Å². The number of aliphatic carboxylic acids is 1. The van der Waals surface area contributed by atoms with Crippen LogP contribution in [0.5, 0.6) is 0 Å². The van der Waals surface area contributed by atoms with Crippen LogP contribution in [0.25, 0.3) is 0 Å². The van der Waals surface area contributed by atoms with Crippen molar-refractivity contribution in [3.63, 3.8) is 0 Å². The van der Waals surface area contributed by atoms with Gasteiger partial charge < -0.3 is 15.5 Å². The molecule has 1 fully saturated rings. The van der Waals surface area contributed by atoms with Crippen LogP contribution < -0.4 is 5.32 Å². The summed E-state index contributed by atoms with van der Waals surface area (Å²) in [6.45, 7) is 3.17. The molecule has 5 nitrogen and oxygen atoms in total. The molecule has 0 aliphatic heterocycles. The van der Waals surface area contributed by atoms with Crippen LogP contribution in [0, 0.1) is 5.92 Å². The van der Waals surface area contributed by atoms with Crippen molar-refractivity contribution in [2.45, 2.75) is 49.9 Å². The van der Waals surface area contributed by atoms with Crippen molar-refractivity contribution in [3.05, 3.63) is 0 Å². The van der Waals surface area contributed by atoms with E-state index in [0.717, 1.165) is 13.0 Å². The highest BCUT2D eigenvalue weighted by Crippen LogP contribution is 2.31. The molecule has 0 aromatic heterocycles. The molecule has 0 radical (unpaired) electrons. The van der Waals surface area contributed by atoms with E-state index in [4.69, 9.17) is 5.11 Å². The molecule has 0 aromatic carbocycles. The van der Waals surface area contributed by atoms with Crippen LogP contribution in [0.3, 0.4) is 0 Å². The first-order chi connectivity index (χ1) is 8.84. The maximum absolute atomic E-state index is 11.2. The van der Waals surface area contributed by atoms with E-state index < -0.39 is 22.4 Å². The van der Waals surface area contributed by atoms with E-state index in [9.17, 15) is 14.1 Å². The average molecular weight is 291 g/mol. The molecule has 19 heavy (non-hydrogen) atoms. The molecular formula is C13H25NO4S. The van der Waals surface area contributed by atoms with Crippen LogP contribution >= 0.6 is 0 Å². The number of carboxylic acids is 1. The normalized spacial score (nSPS) is 30.8. The van der Waals surface area contributed by atoms with Crippen molar-refractivity contribution < 1.29 is 19.2 Å². The molecule has 3 N–H and O–H groups in total. The molecule has 0 bridgehead atoms. The number of hydrogen-bond donors (Lipinski definition) is 3. The standard InChI is InChI=1S/C13H25NO4S/c1-10(19(2)18)5-8-14-9-13(17)6-3-11(4-7-13)12(15)16/h10-11,14,17H,3-9H2,1-2H3,(H,15,16). The third-order valence-electron chi connectivity index (χ3n) is 4.01. The Morgan fingerprint density at radius 1 is 1.47 bits per heavy atom. The van der Waals surface area contributed by atoms with Crippen LogP contribution in [0.15, 0.2) is 0 Å². The summed E-state index contributed by atoms with van der Waals surface area (Å²) in [6, 6.07) is 0. The summed E-state index contributed by atoms with van der Waals surface area (Å²) >= 11 is 0. The Labute approximate surface area is 117 Å². The number of hydrogen-bond acceptors (Lipinski definition) is 4. The first kappa shape index (κ1) is 16.6. The van der Waals surface area contributed by atoms with Crippen molar-refractivity contribution >= 4 is 16.8 Å². The van der Waals surface area contributed by atoms with E-state index in [1.165, 1.54) is 0 Å². The Morgan fingerprint density at radius 3 is 2.53 bits per heavy atom. The van der Waals surface area contributed by atoms with Gasteiger partial charge in [-0.05, 0) is 38.6 Å². The molecule has 0 heterocycles. The first-order valence-electron chi connectivity index (χ1n) is 6.82. The van der Waals surface area contributed by atoms with E-state index >= 15 is 0 Å². The van der Waals surface area contributed by atoms with Gasteiger partial charge in [-0.15, -0.1) is 0 Å². The number of carboxylic acid groups (broad SMARTS) is 1. The maximum Gasteiger partial charge on any atom is 0.306 e. The van der Waals surface area contributed by atoms with Gasteiger partial charge in [0.15, 0.2) is 0 Å². The van der Waals surface area contributed by atoms with Gasteiger partial charge in [0.25, 0.3) is 0 Å². The van der Waals surface area contributed by atoms with E-state index in [0.29, 0.717) is 32.2 Å². The molecule has 112 valence electrons. The minimum absolute atomic E-state index is 0.157. The number of carbonyl (C=O) groups is 1. The molecule has 2 atom stereocenters.